The Morgan fingerprint density at radius 1 is 1.11 bits per heavy atom. The molecule has 1 atom stereocenters. The van der Waals surface area contributed by atoms with Gasteiger partial charge in [0, 0.05) is 36.8 Å². The number of amides is 1. The number of hydrogen-bond acceptors (Lipinski definition) is 9. The molecule has 1 amide bonds. The molecule has 0 radical (unpaired) electrons. The summed E-state index contributed by atoms with van der Waals surface area (Å²) in [5.74, 6) is -0.287. The number of aliphatic hydroxyl groups is 1. The Balaban J connectivity index is 1.73. The summed E-state index contributed by atoms with van der Waals surface area (Å²) in [5, 5.41) is 14.3. The van der Waals surface area contributed by atoms with Crippen LogP contribution in [0.3, 0.4) is 0 Å². The lowest BCUT2D eigenvalue weighted by Gasteiger charge is -2.33. The number of esters is 1. The number of carbonyl (C=O) groups excluding carboxylic acids is 2. The average molecular weight is 484 g/mol. The molecule has 0 spiro atoms. The molecule has 0 unspecified atom stereocenters. The second-order valence-corrected chi connectivity index (χ2v) is 8.31. The van der Waals surface area contributed by atoms with E-state index >= 15 is 0 Å². The summed E-state index contributed by atoms with van der Waals surface area (Å²) in [5.41, 5.74) is 5.38. The summed E-state index contributed by atoms with van der Waals surface area (Å²) in [6.07, 6.45) is 0.972. The van der Waals surface area contributed by atoms with Crippen molar-refractivity contribution in [2.24, 2.45) is 0 Å². The van der Waals surface area contributed by atoms with Crippen LogP contribution < -0.4 is 10.2 Å². The molecule has 11 heteroatoms. The molecule has 3 aromatic rings. The first-order chi connectivity index (χ1) is 16.8. The van der Waals surface area contributed by atoms with Crippen LogP contribution in [-0.2, 0) is 25.5 Å². The molecule has 1 aliphatic rings. The summed E-state index contributed by atoms with van der Waals surface area (Å²) in [6, 6.07) is 2.06. The van der Waals surface area contributed by atoms with Crippen LogP contribution in [0.5, 0.6) is 0 Å². The largest absolute Gasteiger partial charge is 0.467 e. The molecule has 0 saturated carbocycles. The van der Waals surface area contributed by atoms with E-state index in [1.54, 1.807) is 0 Å². The van der Waals surface area contributed by atoms with E-state index in [1.165, 1.54) is 26.6 Å². The zero-order chi connectivity index (χ0) is 25.3. The summed E-state index contributed by atoms with van der Waals surface area (Å²) in [6.45, 7) is 7.55. The van der Waals surface area contributed by atoms with Crippen molar-refractivity contribution in [1.82, 2.24) is 14.5 Å². The molecule has 11 nitrogen and oxygen atoms in total. The van der Waals surface area contributed by atoms with E-state index in [0.29, 0.717) is 30.4 Å². The third kappa shape index (κ3) is 4.40. The number of ether oxygens (including phenoxy) is 3. The molecule has 35 heavy (non-hydrogen) atoms. The van der Waals surface area contributed by atoms with Gasteiger partial charge in [0.25, 0.3) is 0 Å². The Morgan fingerprint density at radius 2 is 1.83 bits per heavy atom. The first-order valence-corrected chi connectivity index (χ1v) is 11.2. The van der Waals surface area contributed by atoms with Gasteiger partial charge in [-0.25, -0.2) is 19.6 Å². The lowest BCUT2D eigenvalue weighted by Crippen LogP contribution is -2.31. The molecule has 0 fully saturated rings. The van der Waals surface area contributed by atoms with Gasteiger partial charge < -0.3 is 28.8 Å². The van der Waals surface area contributed by atoms with Gasteiger partial charge in [-0.3, -0.25) is 5.32 Å². The van der Waals surface area contributed by atoms with Gasteiger partial charge in [0.2, 0.25) is 5.95 Å². The van der Waals surface area contributed by atoms with Crippen LogP contribution in [-0.4, -0.2) is 65.7 Å². The third-order valence-electron chi connectivity index (χ3n) is 6.26. The monoisotopic (exact) mass is 483 g/mol. The first kappa shape index (κ1) is 24.4. The van der Waals surface area contributed by atoms with Crippen molar-refractivity contribution >= 4 is 40.3 Å². The van der Waals surface area contributed by atoms with Gasteiger partial charge in [-0.05, 0) is 38.0 Å². The van der Waals surface area contributed by atoms with Gasteiger partial charge in [0.15, 0.2) is 6.10 Å². The van der Waals surface area contributed by atoms with Crippen LogP contribution >= 0.6 is 0 Å². The van der Waals surface area contributed by atoms with E-state index in [9.17, 15) is 14.7 Å². The quantitative estimate of drug-likeness (QED) is 0.385. The SMILES string of the molecule is COCCOC(=O)Nc1cnc(N2CCn3c(C)cc4c(C)c([C@H](O)C(=O)OC)c(C)c2c43)nc1. The highest BCUT2D eigenvalue weighted by atomic mass is 16.6. The number of aliphatic hydroxyl groups excluding tert-OH is 1. The number of rotatable bonds is 7. The van der Waals surface area contributed by atoms with Crippen molar-refractivity contribution in [2.45, 2.75) is 33.4 Å². The zero-order valence-corrected chi connectivity index (χ0v) is 20.4. The molecule has 0 saturated heterocycles. The zero-order valence-electron chi connectivity index (χ0n) is 20.4. The van der Waals surface area contributed by atoms with Gasteiger partial charge in [-0.1, -0.05) is 0 Å². The molecular formula is C24H29N5O6. The van der Waals surface area contributed by atoms with Crippen molar-refractivity contribution < 1.29 is 28.9 Å². The second-order valence-electron chi connectivity index (χ2n) is 8.31. The Labute approximate surface area is 202 Å². The average Bonchev–Trinajstić information content (AvgIpc) is 3.19. The Morgan fingerprint density at radius 3 is 2.49 bits per heavy atom. The number of aromatic nitrogens is 3. The summed E-state index contributed by atoms with van der Waals surface area (Å²) in [4.78, 5) is 35.0. The number of anilines is 3. The van der Waals surface area contributed by atoms with Crippen LogP contribution in [0.4, 0.5) is 22.1 Å². The summed E-state index contributed by atoms with van der Waals surface area (Å²) >= 11 is 0. The topological polar surface area (TPSA) is 128 Å². The molecular weight excluding hydrogens is 454 g/mol. The highest BCUT2D eigenvalue weighted by Crippen LogP contribution is 2.44. The Kier molecular flexibility index (Phi) is 6.90. The number of carbonyl (C=O) groups is 2. The van der Waals surface area contributed by atoms with Gasteiger partial charge in [0.1, 0.15) is 6.61 Å². The van der Waals surface area contributed by atoms with E-state index in [2.05, 4.69) is 25.9 Å². The fourth-order valence-corrected chi connectivity index (χ4v) is 4.62. The first-order valence-electron chi connectivity index (χ1n) is 11.2. The second kappa shape index (κ2) is 9.88. The minimum Gasteiger partial charge on any atom is -0.467 e. The van der Waals surface area contributed by atoms with Gasteiger partial charge in [-0.15, -0.1) is 0 Å². The van der Waals surface area contributed by atoms with Crippen molar-refractivity contribution in [3.8, 4) is 0 Å². The predicted octanol–water partition coefficient (Wildman–Crippen LogP) is 2.91. The van der Waals surface area contributed by atoms with Crippen LogP contribution in [0.25, 0.3) is 10.9 Å². The van der Waals surface area contributed by atoms with E-state index in [1.807, 2.05) is 25.7 Å². The maximum Gasteiger partial charge on any atom is 0.411 e. The van der Waals surface area contributed by atoms with E-state index in [4.69, 9.17) is 14.2 Å². The van der Waals surface area contributed by atoms with E-state index in [-0.39, 0.29) is 6.61 Å². The maximum absolute atomic E-state index is 12.2. The number of benzene rings is 1. The molecule has 1 aromatic carbocycles. The number of methoxy groups -OCH3 is 2. The highest BCUT2D eigenvalue weighted by Gasteiger charge is 2.32. The normalized spacial score (nSPS) is 13.6. The molecule has 0 aliphatic carbocycles. The van der Waals surface area contributed by atoms with Gasteiger partial charge in [-0.2, -0.15) is 0 Å². The van der Waals surface area contributed by atoms with Crippen molar-refractivity contribution in [3.63, 3.8) is 0 Å². The minimum atomic E-state index is -1.41. The van der Waals surface area contributed by atoms with Crippen LogP contribution in [0.1, 0.15) is 28.5 Å². The summed E-state index contributed by atoms with van der Waals surface area (Å²) < 4.78 is 16.9. The van der Waals surface area contributed by atoms with Crippen LogP contribution in [0, 0.1) is 20.8 Å². The smallest absolute Gasteiger partial charge is 0.411 e. The number of nitrogens with one attached hydrogen (secondary N) is 1. The molecule has 0 bridgehead atoms. The summed E-state index contributed by atoms with van der Waals surface area (Å²) in [7, 11) is 2.78. The van der Waals surface area contributed by atoms with E-state index in [0.717, 1.165) is 40.0 Å². The highest BCUT2D eigenvalue weighted by molar-refractivity contribution is 6.01. The lowest BCUT2D eigenvalue weighted by atomic mass is 9.92. The maximum atomic E-state index is 12.2. The number of aryl methyl sites for hydroxylation is 2. The van der Waals surface area contributed by atoms with E-state index < -0.39 is 18.2 Å². The number of nitrogens with zero attached hydrogens (tertiary/aromatic N) is 4. The van der Waals surface area contributed by atoms with Crippen molar-refractivity contribution in [2.75, 3.05) is 44.2 Å². The minimum absolute atomic E-state index is 0.135. The third-order valence-corrected chi connectivity index (χ3v) is 6.26. The van der Waals surface area contributed by atoms with Gasteiger partial charge >= 0.3 is 12.1 Å². The van der Waals surface area contributed by atoms with Gasteiger partial charge in [0.05, 0.1) is 43.0 Å². The molecule has 2 aromatic heterocycles. The van der Waals surface area contributed by atoms with Crippen molar-refractivity contribution in [1.29, 1.82) is 0 Å². The molecule has 1 aliphatic heterocycles. The Hall–Kier alpha value is -3.70. The number of hydrogen-bond donors (Lipinski definition) is 2. The van der Waals surface area contributed by atoms with Crippen LogP contribution in [0.2, 0.25) is 0 Å². The molecule has 4 rings (SSSR count). The fourth-order valence-electron chi connectivity index (χ4n) is 4.62. The van der Waals surface area contributed by atoms with Crippen LogP contribution in [0.15, 0.2) is 18.5 Å². The standard InChI is InChI=1S/C24H29N5O6/c1-13-10-17-14(2)18(21(30)22(31)34-5)15(3)19-20(17)28(13)6-7-29(19)23-25-11-16(12-26-23)27-24(32)35-9-8-33-4/h10-12,21,30H,6-9H2,1-5H3,(H,27,32)/t21-/m0/s1. The van der Waals surface area contributed by atoms with Crippen molar-refractivity contribution in [3.05, 3.63) is 40.8 Å². The Bertz CT molecular complexity index is 1270. The predicted molar refractivity (Wildman–Crippen MR) is 129 cm³/mol. The fraction of sp³-hybridized carbons (Fsp3) is 0.417. The molecule has 186 valence electrons. The molecule has 2 N–H and O–H groups in total. The molecule has 3 heterocycles. The lowest BCUT2D eigenvalue weighted by molar-refractivity contribution is -0.150.